The number of aromatic amines is 2. The zero-order valence-electron chi connectivity index (χ0n) is 9.09. The van der Waals surface area contributed by atoms with Gasteiger partial charge in [-0.3, -0.25) is 19.5 Å². The van der Waals surface area contributed by atoms with Gasteiger partial charge in [0.1, 0.15) is 0 Å². The Bertz CT molecular complexity index is 433. The number of aliphatic carboxylic acids is 1. The van der Waals surface area contributed by atoms with Crippen LogP contribution in [0.4, 0.5) is 0 Å². The van der Waals surface area contributed by atoms with Crippen molar-refractivity contribution in [2.45, 2.75) is 0 Å². The number of aromatic nitrogens is 4. The van der Waals surface area contributed by atoms with E-state index < -0.39 is 21.8 Å². The van der Waals surface area contributed by atoms with Crippen LogP contribution in [0.3, 0.4) is 0 Å². The van der Waals surface area contributed by atoms with E-state index in [9.17, 15) is 13.2 Å². The average molecular weight is 276 g/mol. The molecule has 0 fully saturated rings. The monoisotopic (exact) mass is 276 g/mol. The lowest BCUT2D eigenvalue weighted by molar-refractivity contribution is -0.134. The summed E-state index contributed by atoms with van der Waals surface area (Å²) in [5.41, 5.74) is 0. The summed E-state index contributed by atoms with van der Waals surface area (Å²) in [5.74, 6) is -2.79. The predicted octanol–water partition coefficient (Wildman–Crippen LogP) is -0.222. The third kappa shape index (κ3) is 13.8. The zero-order chi connectivity index (χ0) is 13.9. The maximum absolute atomic E-state index is 9.62. The highest BCUT2D eigenvalue weighted by Crippen LogP contribution is 1.78. The molecule has 0 bridgehead atoms. The Balaban J connectivity index is 0.000000250. The number of nitrogens with one attached hydrogen (secondary N) is 2. The molecule has 10 heteroatoms. The second kappa shape index (κ2) is 8.90. The number of hydrogen-bond donors (Lipinski definition) is 4. The lowest BCUT2D eigenvalue weighted by atomic mass is 10.8. The van der Waals surface area contributed by atoms with Gasteiger partial charge in [0.05, 0.1) is 0 Å². The minimum Gasteiger partial charge on any atom is -0.480 e. The maximum atomic E-state index is 9.62. The molecule has 0 unspecified atom stereocenters. The van der Waals surface area contributed by atoms with E-state index in [0.717, 1.165) is 0 Å². The van der Waals surface area contributed by atoms with Gasteiger partial charge in [-0.15, -0.1) is 0 Å². The Labute approximate surface area is 103 Å². The van der Waals surface area contributed by atoms with Gasteiger partial charge in [0.25, 0.3) is 10.1 Å². The fourth-order valence-electron chi connectivity index (χ4n) is 0.586. The summed E-state index contributed by atoms with van der Waals surface area (Å²) in [7, 11) is -4.32. The molecule has 0 aliphatic heterocycles. The number of H-pyrrole nitrogens is 2. The van der Waals surface area contributed by atoms with Gasteiger partial charge in [-0.1, -0.05) is 0 Å². The Morgan fingerprint density at radius 2 is 1.56 bits per heavy atom. The molecule has 0 amide bonds. The fraction of sp³-hybridized carbons (Fsp3) is 0.125. The van der Waals surface area contributed by atoms with Crippen molar-refractivity contribution in [2.75, 3.05) is 5.75 Å². The standard InChI is InChI=1S/2C3H4N2.C2H4O5S/c2*1-2-4-5-3-1;3-2(4)1-8(5,6)7/h2*1-3H,(H,4,5);1H2,(H,3,4)(H,5,6,7). The van der Waals surface area contributed by atoms with Crippen molar-refractivity contribution in [3.63, 3.8) is 0 Å². The van der Waals surface area contributed by atoms with E-state index in [4.69, 9.17) is 9.66 Å². The SMILES string of the molecule is O=C(O)CS(=O)(=O)O.c1cn[nH]c1.c1cn[nH]c1. The Morgan fingerprint density at radius 3 is 1.61 bits per heavy atom. The zero-order valence-corrected chi connectivity index (χ0v) is 9.91. The third-order valence-corrected chi connectivity index (χ3v) is 1.73. The van der Waals surface area contributed by atoms with Gasteiger partial charge in [0.15, 0.2) is 5.75 Å². The van der Waals surface area contributed by atoms with Gasteiger partial charge in [-0.05, 0) is 12.1 Å². The molecule has 0 aromatic carbocycles. The second-order valence-electron chi connectivity index (χ2n) is 2.65. The molecule has 0 saturated carbocycles. The minimum absolute atomic E-state index is 1.23. The van der Waals surface area contributed by atoms with Gasteiger partial charge < -0.3 is 5.11 Å². The first kappa shape index (κ1) is 15.8. The van der Waals surface area contributed by atoms with Crippen molar-refractivity contribution in [3.05, 3.63) is 36.9 Å². The van der Waals surface area contributed by atoms with E-state index >= 15 is 0 Å². The Kier molecular flexibility index (Phi) is 7.81. The van der Waals surface area contributed by atoms with E-state index in [1.807, 2.05) is 12.1 Å². The number of nitrogens with zero attached hydrogens (tertiary/aromatic N) is 2. The van der Waals surface area contributed by atoms with Crippen LogP contribution in [0.1, 0.15) is 0 Å². The van der Waals surface area contributed by atoms with Crippen molar-refractivity contribution in [2.24, 2.45) is 0 Å². The number of carbonyl (C=O) groups is 1. The summed E-state index contributed by atoms with van der Waals surface area (Å²) >= 11 is 0. The number of carboxylic acids is 1. The van der Waals surface area contributed by atoms with Gasteiger partial charge >= 0.3 is 5.97 Å². The van der Waals surface area contributed by atoms with E-state index in [0.29, 0.717) is 0 Å². The molecular formula is C8H12N4O5S. The van der Waals surface area contributed by atoms with Crippen molar-refractivity contribution >= 4 is 16.1 Å². The highest BCUT2D eigenvalue weighted by molar-refractivity contribution is 7.86. The van der Waals surface area contributed by atoms with E-state index in [1.165, 1.54) is 0 Å². The van der Waals surface area contributed by atoms with Gasteiger partial charge in [0, 0.05) is 24.8 Å². The number of hydrogen-bond acceptors (Lipinski definition) is 5. The first-order chi connectivity index (χ1) is 8.42. The molecule has 4 N–H and O–H groups in total. The first-order valence-electron chi connectivity index (χ1n) is 4.46. The van der Waals surface area contributed by atoms with Crippen LogP contribution in [-0.2, 0) is 14.9 Å². The molecule has 0 atom stereocenters. The minimum atomic E-state index is -4.32. The lowest BCUT2D eigenvalue weighted by Gasteiger charge is -1.85. The van der Waals surface area contributed by atoms with Crippen LogP contribution in [0.5, 0.6) is 0 Å². The summed E-state index contributed by atoms with van der Waals surface area (Å²) < 4.78 is 27.0. The summed E-state index contributed by atoms with van der Waals surface area (Å²) in [6.45, 7) is 0. The van der Waals surface area contributed by atoms with Crippen LogP contribution in [0.15, 0.2) is 36.9 Å². The third-order valence-electron chi connectivity index (χ3n) is 1.12. The smallest absolute Gasteiger partial charge is 0.321 e. The molecule has 2 aromatic rings. The number of rotatable bonds is 2. The molecule has 100 valence electrons. The van der Waals surface area contributed by atoms with Crippen LogP contribution < -0.4 is 0 Å². The van der Waals surface area contributed by atoms with Crippen molar-refractivity contribution in [1.82, 2.24) is 20.4 Å². The van der Waals surface area contributed by atoms with E-state index in [1.54, 1.807) is 24.8 Å². The van der Waals surface area contributed by atoms with E-state index in [2.05, 4.69) is 20.4 Å². The predicted molar refractivity (Wildman–Crippen MR) is 61.2 cm³/mol. The normalized spacial score (nSPS) is 9.39. The first-order valence-corrected chi connectivity index (χ1v) is 6.07. The summed E-state index contributed by atoms with van der Waals surface area (Å²) in [5, 5.41) is 20.1. The Hall–Kier alpha value is -2.20. The average Bonchev–Trinajstić information content (AvgIpc) is 2.94. The van der Waals surface area contributed by atoms with E-state index in [-0.39, 0.29) is 0 Å². The highest BCUT2D eigenvalue weighted by atomic mass is 32.2. The largest absolute Gasteiger partial charge is 0.480 e. The second-order valence-corrected chi connectivity index (χ2v) is 4.11. The van der Waals surface area contributed by atoms with Crippen LogP contribution in [-0.4, -0.2) is 50.2 Å². The number of carboxylic acid groups (broad SMARTS) is 1. The van der Waals surface area contributed by atoms with Crippen LogP contribution in [0.2, 0.25) is 0 Å². The van der Waals surface area contributed by atoms with Crippen LogP contribution >= 0.6 is 0 Å². The summed E-state index contributed by atoms with van der Waals surface area (Å²) in [6, 6.07) is 3.67. The molecule has 18 heavy (non-hydrogen) atoms. The molecule has 9 nitrogen and oxygen atoms in total. The quantitative estimate of drug-likeness (QED) is 0.554. The topological polar surface area (TPSA) is 149 Å². The van der Waals surface area contributed by atoms with Crippen LogP contribution in [0, 0.1) is 0 Å². The fourth-order valence-corrected chi connectivity index (χ4v) is 0.898. The highest BCUT2D eigenvalue weighted by Gasteiger charge is 2.09. The van der Waals surface area contributed by atoms with Crippen LogP contribution in [0.25, 0.3) is 0 Å². The Morgan fingerprint density at radius 1 is 1.11 bits per heavy atom. The molecule has 0 aliphatic carbocycles. The van der Waals surface area contributed by atoms with Gasteiger partial charge in [-0.25, -0.2) is 0 Å². The molecule has 0 radical (unpaired) electrons. The van der Waals surface area contributed by atoms with Gasteiger partial charge in [-0.2, -0.15) is 18.6 Å². The molecule has 0 aliphatic rings. The van der Waals surface area contributed by atoms with Crippen molar-refractivity contribution < 1.29 is 22.9 Å². The lowest BCUT2D eigenvalue weighted by Crippen LogP contribution is -2.13. The molecular weight excluding hydrogens is 264 g/mol. The van der Waals surface area contributed by atoms with Gasteiger partial charge in [0.2, 0.25) is 0 Å². The molecule has 2 aromatic heterocycles. The summed E-state index contributed by atoms with van der Waals surface area (Å²) in [6.07, 6.45) is 6.92. The maximum Gasteiger partial charge on any atom is 0.321 e. The van der Waals surface area contributed by atoms with Crippen molar-refractivity contribution in [1.29, 1.82) is 0 Å². The molecule has 2 heterocycles. The molecule has 0 spiro atoms. The summed E-state index contributed by atoms with van der Waals surface area (Å²) in [4.78, 5) is 9.48. The molecule has 2 rings (SSSR count). The molecule has 0 saturated heterocycles. The van der Waals surface area contributed by atoms with Crippen molar-refractivity contribution in [3.8, 4) is 0 Å².